The van der Waals surface area contributed by atoms with Crippen molar-refractivity contribution in [3.63, 3.8) is 0 Å². The van der Waals surface area contributed by atoms with Crippen molar-refractivity contribution in [1.82, 2.24) is 10.6 Å². The number of amides is 2. The Morgan fingerprint density at radius 3 is 2.19 bits per heavy atom. The minimum Gasteiger partial charge on any atom is -0.354 e. The number of hydrogen-bond acceptors (Lipinski definition) is 2. The molecule has 0 radical (unpaired) electrons. The fourth-order valence-electron chi connectivity index (χ4n) is 2.27. The summed E-state index contributed by atoms with van der Waals surface area (Å²) in [7, 11) is 0. The Morgan fingerprint density at radius 1 is 0.963 bits per heavy atom. The van der Waals surface area contributed by atoms with E-state index in [1.165, 1.54) is 24.3 Å². The van der Waals surface area contributed by atoms with E-state index >= 15 is 0 Å². The van der Waals surface area contributed by atoms with Crippen LogP contribution in [0.1, 0.15) is 27.0 Å². The van der Waals surface area contributed by atoms with E-state index in [4.69, 9.17) is 0 Å². The second-order valence-electron chi connectivity index (χ2n) is 5.94. The van der Waals surface area contributed by atoms with Gasteiger partial charge in [0, 0.05) is 18.7 Å². The van der Waals surface area contributed by atoms with Crippen LogP contribution < -0.4 is 10.6 Å². The van der Waals surface area contributed by atoms with Crippen molar-refractivity contribution in [3.8, 4) is 0 Å². The molecule has 144 valence electrons. The largest absolute Gasteiger partial charge is 0.416 e. The van der Waals surface area contributed by atoms with Gasteiger partial charge >= 0.3 is 6.18 Å². The molecule has 0 heterocycles. The van der Waals surface area contributed by atoms with E-state index in [9.17, 15) is 27.2 Å². The molecule has 27 heavy (non-hydrogen) atoms. The lowest BCUT2D eigenvalue weighted by atomic mass is 10.1. The molecule has 0 atom stereocenters. The third-order valence-electron chi connectivity index (χ3n) is 3.81. The average molecular weight is 382 g/mol. The lowest BCUT2D eigenvalue weighted by molar-refractivity contribution is -0.137. The molecule has 0 aliphatic rings. The number of halogens is 4. The number of alkyl halides is 3. The molecule has 0 unspecified atom stereocenters. The Balaban J connectivity index is 1.74. The molecule has 0 saturated carbocycles. The Morgan fingerprint density at radius 2 is 1.59 bits per heavy atom. The van der Waals surface area contributed by atoms with E-state index in [-0.39, 0.29) is 31.0 Å². The van der Waals surface area contributed by atoms with Gasteiger partial charge in [0.1, 0.15) is 5.82 Å². The molecular weight excluding hydrogens is 364 g/mol. The van der Waals surface area contributed by atoms with Crippen LogP contribution in [0, 0.1) is 12.7 Å². The molecule has 2 aromatic carbocycles. The molecule has 2 aromatic rings. The van der Waals surface area contributed by atoms with Gasteiger partial charge < -0.3 is 10.6 Å². The van der Waals surface area contributed by atoms with Crippen molar-refractivity contribution in [1.29, 1.82) is 0 Å². The Bertz CT molecular complexity index is 817. The molecule has 0 bridgehead atoms. The summed E-state index contributed by atoms with van der Waals surface area (Å²) in [5, 5.41) is 5.10. The Kier molecular flexibility index (Phi) is 6.55. The predicted octanol–water partition coefficient (Wildman–Crippen LogP) is 3.24. The molecule has 2 rings (SSSR count). The molecule has 4 nitrogen and oxygen atoms in total. The number of nitrogens with one attached hydrogen (secondary N) is 2. The first-order valence-corrected chi connectivity index (χ1v) is 8.14. The number of rotatable bonds is 6. The van der Waals surface area contributed by atoms with Crippen LogP contribution in [0.3, 0.4) is 0 Å². The van der Waals surface area contributed by atoms with Gasteiger partial charge in [0.15, 0.2) is 0 Å². The topological polar surface area (TPSA) is 58.2 Å². The quantitative estimate of drug-likeness (QED) is 0.595. The van der Waals surface area contributed by atoms with Crippen molar-refractivity contribution < 1.29 is 27.2 Å². The number of hydrogen-bond donors (Lipinski definition) is 2. The summed E-state index contributed by atoms with van der Waals surface area (Å²) < 4.78 is 50.9. The molecule has 0 fully saturated rings. The van der Waals surface area contributed by atoms with Crippen LogP contribution in [0.25, 0.3) is 0 Å². The van der Waals surface area contributed by atoms with Crippen molar-refractivity contribution in [3.05, 3.63) is 70.5 Å². The van der Waals surface area contributed by atoms with Gasteiger partial charge in [-0.05, 0) is 42.3 Å². The molecule has 8 heteroatoms. The predicted molar refractivity (Wildman–Crippen MR) is 91.6 cm³/mol. The first kappa shape index (κ1) is 20.4. The Hall–Kier alpha value is -2.90. The van der Waals surface area contributed by atoms with Gasteiger partial charge in [0.25, 0.3) is 5.91 Å². The van der Waals surface area contributed by atoms with Crippen molar-refractivity contribution in [2.24, 2.45) is 0 Å². The highest BCUT2D eigenvalue weighted by Gasteiger charge is 2.29. The molecular formula is C19H18F4N2O2. The van der Waals surface area contributed by atoms with E-state index < -0.39 is 23.5 Å². The highest BCUT2D eigenvalue weighted by atomic mass is 19.4. The smallest absolute Gasteiger partial charge is 0.354 e. The number of carbonyl (C=O) groups excluding carboxylic acids is 2. The normalized spacial score (nSPS) is 11.1. The van der Waals surface area contributed by atoms with Crippen LogP contribution in [0.4, 0.5) is 17.6 Å². The maximum Gasteiger partial charge on any atom is 0.416 e. The van der Waals surface area contributed by atoms with Gasteiger partial charge in [0.2, 0.25) is 5.91 Å². The molecule has 0 aromatic heterocycles. The van der Waals surface area contributed by atoms with Gasteiger partial charge in [-0.1, -0.05) is 18.2 Å². The van der Waals surface area contributed by atoms with E-state index in [0.717, 1.165) is 18.2 Å². The van der Waals surface area contributed by atoms with E-state index in [1.807, 2.05) is 0 Å². The van der Waals surface area contributed by atoms with Gasteiger partial charge in [-0.3, -0.25) is 9.59 Å². The van der Waals surface area contributed by atoms with Crippen molar-refractivity contribution in [2.45, 2.75) is 19.5 Å². The minimum absolute atomic E-state index is 0.0741. The summed E-state index contributed by atoms with van der Waals surface area (Å²) in [6.07, 6.45) is -4.49. The summed E-state index contributed by atoms with van der Waals surface area (Å²) in [4.78, 5) is 23.7. The van der Waals surface area contributed by atoms with Crippen LogP contribution in [0.2, 0.25) is 0 Å². The fraction of sp³-hybridized carbons (Fsp3) is 0.263. The molecule has 0 saturated heterocycles. The summed E-state index contributed by atoms with van der Waals surface area (Å²) >= 11 is 0. The van der Waals surface area contributed by atoms with Crippen molar-refractivity contribution >= 4 is 11.8 Å². The summed E-state index contributed by atoms with van der Waals surface area (Å²) in [5.74, 6) is -1.33. The highest BCUT2D eigenvalue weighted by molar-refractivity contribution is 5.94. The van der Waals surface area contributed by atoms with Crippen LogP contribution in [0.15, 0.2) is 42.5 Å². The molecule has 0 aliphatic carbocycles. The molecule has 2 amide bonds. The van der Waals surface area contributed by atoms with Crippen LogP contribution in [-0.4, -0.2) is 24.9 Å². The lowest BCUT2D eigenvalue weighted by Gasteiger charge is -2.09. The molecule has 2 N–H and O–H groups in total. The van der Waals surface area contributed by atoms with Gasteiger partial charge in [-0.2, -0.15) is 13.2 Å². The van der Waals surface area contributed by atoms with E-state index in [1.54, 1.807) is 6.92 Å². The number of carbonyl (C=O) groups is 2. The zero-order valence-electron chi connectivity index (χ0n) is 14.5. The van der Waals surface area contributed by atoms with E-state index in [0.29, 0.717) is 11.1 Å². The summed E-state index contributed by atoms with van der Waals surface area (Å²) in [5.41, 5.74) is 0.276. The van der Waals surface area contributed by atoms with E-state index in [2.05, 4.69) is 10.6 Å². The minimum atomic E-state index is -4.42. The third-order valence-corrected chi connectivity index (χ3v) is 3.81. The van der Waals surface area contributed by atoms with Crippen LogP contribution in [0.5, 0.6) is 0 Å². The third kappa shape index (κ3) is 6.09. The average Bonchev–Trinajstić information content (AvgIpc) is 2.60. The second kappa shape index (κ2) is 8.66. The summed E-state index contributed by atoms with van der Waals surface area (Å²) in [6.45, 7) is 1.86. The Labute approximate surface area is 153 Å². The summed E-state index contributed by atoms with van der Waals surface area (Å²) in [6, 6.07) is 8.46. The lowest BCUT2D eigenvalue weighted by Crippen LogP contribution is -2.35. The molecule has 0 aliphatic heterocycles. The monoisotopic (exact) mass is 382 g/mol. The maximum atomic E-state index is 13.4. The first-order chi connectivity index (χ1) is 12.7. The van der Waals surface area contributed by atoms with Crippen LogP contribution in [-0.2, 0) is 17.4 Å². The second-order valence-corrected chi connectivity index (χ2v) is 5.94. The number of benzene rings is 2. The van der Waals surface area contributed by atoms with Crippen molar-refractivity contribution in [2.75, 3.05) is 13.1 Å². The van der Waals surface area contributed by atoms with Gasteiger partial charge in [-0.25, -0.2) is 4.39 Å². The highest BCUT2D eigenvalue weighted by Crippen LogP contribution is 2.29. The standard InChI is InChI=1S/C19H18F4N2O2/c1-12-2-5-14(11-16(12)20)18(27)25-9-8-24-17(26)10-13-3-6-15(7-4-13)19(21,22)23/h2-7,11H,8-10H2,1H3,(H,24,26)(H,25,27). The van der Waals surface area contributed by atoms with Gasteiger partial charge in [-0.15, -0.1) is 0 Å². The van der Waals surface area contributed by atoms with Crippen LogP contribution >= 0.6 is 0 Å². The fourth-order valence-corrected chi connectivity index (χ4v) is 2.27. The zero-order valence-corrected chi connectivity index (χ0v) is 14.5. The molecule has 0 spiro atoms. The number of aryl methyl sites for hydroxylation is 1. The first-order valence-electron chi connectivity index (χ1n) is 8.14. The zero-order chi connectivity index (χ0) is 20.0. The maximum absolute atomic E-state index is 13.4. The SMILES string of the molecule is Cc1ccc(C(=O)NCCNC(=O)Cc2ccc(C(F)(F)F)cc2)cc1F. The van der Waals surface area contributed by atoms with Gasteiger partial charge in [0.05, 0.1) is 12.0 Å².